The van der Waals surface area contributed by atoms with Gasteiger partial charge < -0.3 is 54.7 Å². The second kappa shape index (κ2) is 9.62. The highest BCUT2D eigenvalue weighted by Gasteiger charge is 2.51. The minimum absolute atomic E-state index is 0.129. The Morgan fingerprint density at radius 3 is 2.10 bits per heavy atom. The SMILES string of the molecule is O=C(O[C@@H]1[C@@H](O)[C@H](O[C@H]2[C@@H](O)[C@@H](O)[C@H](O)O[C@@H]2CO)O[C@H](O)[C@H]1O)c1ccccc1. The van der Waals surface area contributed by atoms with Crippen molar-refractivity contribution in [3.05, 3.63) is 35.9 Å². The zero-order valence-electron chi connectivity index (χ0n) is 15.5. The lowest BCUT2D eigenvalue weighted by atomic mass is 9.98. The van der Waals surface area contributed by atoms with Crippen LogP contribution in [0.25, 0.3) is 0 Å². The van der Waals surface area contributed by atoms with Crippen LogP contribution < -0.4 is 0 Å². The highest BCUT2D eigenvalue weighted by Crippen LogP contribution is 2.29. The molecule has 2 saturated heterocycles. The van der Waals surface area contributed by atoms with E-state index in [0.29, 0.717) is 0 Å². The molecule has 0 saturated carbocycles. The van der Waals surface area contributed by atoms with Crippen LogP contribution in [0, 0.1) is 0 Å². The Bertz CT molecular complexity index is 700. The quantitative estimate of drug-likeness (QED) is 0.226. The third-order valence-electron chi connectivity index (χ3n) is 4.90. The third kappa shape index (κ3) is 4.63. The van der Waals surface area contributed by atoms with Gasteiger partial charge in [-0.1, -0.05) is 18.2 Å². The molecule has 0 spiro atoms. The van der Waals surface area contributed by atoms with Crippen molar-refractivity contribution in [3.63, 3.8) is 0 Å². The van der Waals surface area contributed by atoms with Gasteiger partial charge in [-0.2, -0.15) is 0 Å². The Balaban J connectivity index is 1.74. The number of ether oxygens (including phenoxy) is 4. The summed E-state index contributed by atoms with van der Waals surface area (Å²) in [6, 6.07) is 7.71. The molecule has 10 atom stereocenters. The molecule has 0 amide bonds. The first-order valence-corrected chi connectivity index (χ1v) is 9.16. The van der Waals surface area contributed by atoms with Gasteiger partial charge in [-0.05, 0) is 12.1 Å². The van der Waals surface area contributed by atoms with E-state index in [1.807, 2.05) is 0 Å². The highest BCUT2D eigenvalue weighted by molar-refractivity contribution is 5.89. The van der Waals surface area contributed by atoms with E-state index in [-0.39, 0.29) is 5.56 Å². The van der Waals surface area contributed by atoms with Crippen LogP contribution in [0.4, 0.5) is 0 Å². The van der Waals surface area contributed by atoms with Crippen LogP contribution >= 0.6 is 0 Å². The van der Waals surface area contributed by atoms with Gasteiger partial charge in [0.25, 0.3) is 0 Å². The molecule has 0 bridgehead atoms. The number of benzene rings is 1. The third-order valence-corrected chi connectivity index (χ3v) is 4.90. The standard InChI is InChI=1S/C18H24O12/c19-6-8-13(9(20)10(21)16(25)27-8)29-18-12(23)14(11(22)17(26)30-18)28-15(24)7-4-2-1-3-5-7/h1-5,8-14,16-23,25-26H,6H2/t8-,9+,10-,11+,12-,13-,14+,16-,17+,18-/m1/s1. The van der Waals surface area contributed by atoms with Crippen molar-refractivity contribution < 1.29 is 59.5 Å². The summed E-state index contributed by atoms with van der Waals surface area (Å²) >= 11 is 0. The van der Waals surface area contributed by atoms with Crippen LogP contribution in [0.5, 0.6) is 0 Å². The molecule has 0 radical (unpaired) electrons. The van der Waals surface area contributed by atoms with E-state index in [1.165, 1.54) is 12.1 Å². The van der Waals surface area contributed by atoms with Crippen molar-refractivity contribution in [1.82, 2.24) is 0 Å². The number of rotatable bonds is 5. The monoisotopic (exact) mass is 432 g/mol. The Kier molecular flexibility index (Phi) is 7.36. The van der Waals surface area contributed by atoms with E-state index >= 15 is 0 Å². The molecule has 1 aromatic carbocycles. The fourth-order valence-corrected chi connectivity index (χ4v) is 3.23. The Hall–Kier alpha value is -1.71. The van der Waals surface area contributed by atoms with E-state index in [4.69, 9.17) is 18.9 Å². The van der Waals surface area contributed by atoms with Crippen LogP contribution in [-0.4, -0.2) is 110 Å². The molecule has 30 heavy (non-hydrogen) atoms. The molecule has 168 valence electrons. The van der Waals surface area contributed by atoms with Crippen LogP contribution in [-0.2, 0) is 18.9 Å². The van der Waals surface area contributed by atoms with Crippen molar-refractivity contribution in [2.45, 2.75) is 61.6 Å². The second-order valence-electron chi connectivity index (χ2n) is 6.94. The van der Waals surface area contributed by atoms with Gasteiger partial charge >= 0.3 is 5.97 Å². The average Bonchev–Trinajstić information content (AvgIpc) is 2.75. The second-order valence-corrected chi connectivity index (χ2v) is 6.94. The van der Waals surface area contributed by atoms with E-state index in [0.717, 1.165) is 0 Å². The maximum absolute atomic E-state index is 12.3. The highest BCUT2D eigenvalue weighted by atomic mass is 16.8. The molecule has 3 rings (SSSR count). The Labute approximate surface area is 170 Å². The molecule has 2 aliphatic heterocycles. The largest absolute Gasteiger partial charge is 0.453 e. The normalized spacial score (nSPS) is 42.0. The smallest absolute Gasteiger partial charge is 0.338 e. The lowest BCUT2D eigenvalue weighted by Gasteiger charge is -2.45. The molecule has 0 aromatic heterocycles. The first kappa shape index (κ1) is 23.0. The Morgan fingerprint density at radius 2 is 1.47 bits per heavy atom. The minimum Gasteiger partial charge on any atom is -0.453 e. The average molecular weight is 432 g/mol. The molecular weight excluding hydrogens is 408 g/mol. The number of hydrogen-bond acceptors (Lipinski definition) is 12. The van der Waals surface area contributed by atoms with Crippen molar-refractivity contribution >= 4 is 5.97 Å². The van der Waals surface area contributed by atoms with Crippen molar-refractivity contribution in [3.8, 4) is 0 Å². The van der Waals surface area contributed by atoms with Crippen LogP contribution in [0.1, 0.15) is 10.4 Å². The number of aliphatic hydroxyl groups is 7. The summed E-state index contributed by atoms with van der Waals surface area (Å²) in [5.74, 6) is -0.889. The van der Waals surface area contributed by atoms with Gasteiger partial charge in [0, 0.05) is 0 Å². The number of carbonyl (C=O) groups is 1. The molecule has 2 aliphatic rings. The molecule has 12 heteroatoms. The molecule has 2 heterocycles. The predicted molar refractivity (Wildman–Crippen MR) is 93.4 cm³/mol. The summed E-state index contributed by atoms with van der Waals surface area (Å²) < 4.78 is 20.4. The van der Waals surface area contributed by atoms with E-state index in [2.05, 4.69) is 0 Å². The summed E-state index contributed by atoms with van der Waals surface area (Å²) in [5, 5.41) is 69.4. The molecule has 12 nitrogen and oxygen atoms in total. The molecule has 0 unspecified atom stereocenters. The minimum atomic E-state index is -1.93. The summed E-state index contributed by atoms with van der Waals surface area (Å²) in [7, 11) is 0. The fraction of sp³-hybridized carbons (Fsp3) is 0.611. The van der Waals surface area contributed by atoms with E-state index < -0.39 is 74.2 Å². The molecular formula is C18H24O12. The van der Waals surface area contributed by atoms with Gasteiger partial charge in [0.15, 0.2) is 25.0 Å². The van der Waals surface area contributed by atoms with E-state index in [1.54, 1.807) is 18.2 Å². The number of esters is 1. The summed E-state index contributed by atoms with van der Waals surface area (Å²) in [6.45, 7) is -0.730. The van der Waals surface area contributed by atoms with Gasteiger partial charge in [-0.25, -0.2) is 4.79 Å². The zero-order valence-corrected chi connectivity index (χ0v) is 15.5. The van der Waals surface area contributed by atoms with Crippen LogP contribution in [0.2, 0.25) is 0 Å². The molecule has 2 fully saturated rings. The number of aliphatic hydroxyl groups excluding tert-OH is 7. The topological polar surface area (TPSA) is 196 Å². The molecule has 0 aliphatic carbocycles. The maximum Gasteiger partial charge on any atom is 0.338 e. The van der Waals surface area contributed by atoms with Gasteiger partial charge in [0.1, 0.15) is 36.6 Å². The van der Waals surface area contributed by atoms with Gasteiger partial charge in [-0.3, -0.25) is 0 Å². The zero-order chi connectivity index (χ0) is 22.0. The number of carbonyl (C=O) groups excluding carboxylic acids is 1. The van der Waals surface area contributed by atoms with Crippen molar-refractivity contribution in [2.75, 3.05) is 6.61 Å². The summed E-state index contributed by atoms with van der Waals surface area (Å²) in [5.41, 5.74) is 0.129. The van der Waals surface area contributed by atoms with Gasteiger partial charge in [0.05, 0.1) is 12.2 Å². The van der Waals surface area contributed by atoms with Crippen LogP contribution in [0.3, 0.4) is 0 Å². The van der Waals surface area contributed by atoms with Gasteiger partial charge in [-0.15, -0.1) is 0 Å². The lowest BCUT2D eigenvalue weighted by molar-refractivity contribution is -0.375. The maximum atomic E-state index is 12.3. The first-order chi connectivity index (χ1) is 14.2. The Morgan fingerprint density at radius 1 is 0.833 bits per heavy atom. The van der Waals surface area contributed by atoms with Gasteiger partial charge in [0.2, 0.25) is 0 Å². The first-order valence-electron chi connectivity index (χ1n) is 9.16. The van der Waals surface area contributed by atoms with Crippen LogP contribution in [0.15, 0.2) is 30.3 Å². The fourth-order valence-electron chi connectivity index (χ4n) is 3.23. The predicted octanol–water partition coefficient (Wildman–Crippen LogP) is -3.57. The lowest BCUT2D eigenvalue weighted by Crippen LogP contribution is -2.64. The summed E-state index contributed by atoms with van der Waals surface area (Å²) in [4.78, 5) is 12.3. The van der Waals surface area contributed by atoms with Crippen molar-refractivity contribution in [1.29, 1.82) is 0 Å². The summed E-state index contributed by atoms with van der Waals surface area (Å²) in [6.07, 6.45) is -17.2. The van der Waals surface area contributed by atoms with E-state index in [9.17, 15) is 40.5 Å². The molecule has 1 aromatic rings. The van der Waals surface area contributed by atoms with Crippen molar-refractivity contribution in [2.24, 2.45) is 0 Å². The number of hydrogen-bond donors (Lipinski definition) is 7. The molecule has 7 N–H and O–H groups in total.